The van der Waals surface area contributed by atoms with Gasteiger partial charge in [0.25, 0.3) is 0 Å². The second kappa shape index (κ2) is 9.81. The minimum Gasteiger partial charge on any atom is -0.454 e. The number of nitrogens with zero attached hydrogens (tertiary/aromatic N) is 2. The van der Waals surface area contributed by atoms with Gasteiger partial charge < -0.3 is 4.42 Å². The molecule has 3 heteroatoms. The van der Waals surface area contributed by atoms with Crippen molar-refractivity contribution in [3.63, 3.8) is 0 Å². The van der Waals surface area contributed by atoms with Crippen molar-refractivity contribution in [3.05, 3.63) is 114 Å². The quantitative estimate of drug-likeness (QED) is 0.218. The number of hydrogen-bond donors (Lipinski definition) is 0. The highest BCUT2D eigenvalue weighted by molar-refractivity contribution is 6.14. The van der Waals surface area contributed by atoms with Crippen LogP contribution in [0.3, 0.4) is 0 Å². The summed E-state index contributed by atoms with van der Waals surface area (Å²) in [5.41, 5.74) is 11.2. The summed E-state index contributed by atoms with van der Waals surface area (Å²) in [5.74, 6) is 0.657. The van der Waals surface area contributed by atoms with Gasteiger partial charge in [-0.05, 0) is 65.6 Å². The fraction of sp³-hybridized carbons (Fsp3) is 0.189. The fourth-order valence-electron chi connectivity index (χ4n) is 6.51. The Morgan fingerprint density at radius 3 is 2.17 bits per heavy atom. The summed E-state index contributed by atoms with van der Waals surface area (Å²) in [4.78, 5) is 0. The van der Waals surface area contributed by atoms with E-state index in [0.717, 1.165) is 55.4 Å². The number of aromatic nitrogens is 1. The van der Waals surface area contributed by atoms with Crippen molar-refractivity contribution >= 4 is 21.9 Å². The first-order chi connectivity index (χ1) is 19.6. The summed E-state index contributed by atoms with van der Waals surface area (Å²) < 4.78 is 8.97. The molecule has 0 bridgehead atoms. The molecule has 0 N–H and O–H groups in total. The molecule has 0 spiro atoms. The van der Waals surface area contributed by atoms with E-state index in [-0.39, 0.29) is 0 Å². The number of pyridine rings is 1. The van der Waals surface area contributed by atoms with E-state index >= 15 is 0 Å². The van der Waals surface area contributed by atoms with Crippen molar-refractivity contribution in [2.45, 2.75) is 38.5 Å². The van der Waals surface area contributed by atoms with E-state index in [1.807, 2.05) is 18.2 Å². The molecule has 3 nitrogen and oxygen atoms in total. The number of fused-ring (bicyclic) bond motifs is 3. The topological polar surface area (TPSA) is 40.8 Å². The number of rotatable bonds is 4. The van der Waals surface area contributed by atoms with E-state index in [1.54, 1.807) is 0 Å². The van der Waals surface area contributed by atoms with E-state index in [2.05, 4.69) is 104 Å². The van der Waals surface area contributed by atoms with Gasteiger partial charge in [-0.2, -0.15) is 5.26 Å². The Hall–Kier alpha value is -4.68. The normalized spacial score (nSPS) is 13.7. The molecule has 0 radical (unpaired) electrons. The van der Waals surface area contributed by atoms with Gasteiger partial charge in [0.1, 0.15) is 18.2 Å². The molecule has 0 atom stereocenters. The summed E-state index contributed by atoms with van der Waals surface area (Å²) in [7, 11) is 2.08. The maximum atomic E-state index is 10.1. The zero-order valence-corrected chi connectivity index (χ0v) is 22.9. The highest BCUT2D eigenvalue weighted by Gasteiger charge is 2.24. The lowest BCUT2D eigenvalue weighted by Crippen LogP contribution is -2.30. The third-order valence-electron chi connectivity index (χ3n) is 8.68. The molecule has 0 aliphatic heterocycles. The number of furan rings is 1. The Morgan fingerprint density at radius 2 is 1.45 bits per heavy atom. The first kappa shape index (κ1) is 24.4. The van der Waals surface area contributed by atoms with Gasteiger partial charge in [-0.3, -0.25) is 0 Å². The minimum atomic E-state index is 0.634. The van der Waals surface area contributed by atoms with Gasteiger partial charge in [0.2, 0.25) is 5.69 Å². The van der Waals surface area contributed by atoms with Crippen molar-refractivity contribution in [3.8, 4) is 39.6 Å². The van der Waals surface area contributed by atoms with E-state index in [1.165, 1.54) is 36.8 Å². The highest BCUT2D eigenvalue weighted by atomic mass is 16.3. The fourth-order valence-corrected chi connectivity index (χ4v) is 6.51. The maximum Gasteiger partial charge on any atom is 0.216 e. The van der Waals surface area contributed by atoms with Gasteiger partial charge in [0, 0.05) is 28.5 Å². The third-order valence-corrected chi connectivity index (χ3v) is 8.68. The van der Waals surface area contributed by atoms with E-state index < -0.39 is 0 Å². The molecule has 6 aromatic rings. The first-order valence-electron chi connectivity index (χ1n) is 14.2. The summed E-state index contributed by atoms with van der Waals surface area (Å²) in [6, 6.07) is 34.4. The Labute approximate surface area is 234 Å². The van der Waals surface area contributed by atoms with E-state index in [9.17, 15) is 5.26 Å². The number of aryl methyl sites for hydroxylation is 2. The van der Waals surface area contributed by atoms with Crippen LogP contribution in [0.2, 0.25) is 0 Å². The van der Waals surface area contributed by atoms with Gasteiger partial charge in [0.05, 0.1) is 17.2 Å². The monoisotopic (exact) mass is 519 g/mol. The van der Waals surface area contributed by atoms with Crippen LogP contribution in [-0.2, 0) is 7.05 Å². The van der Waals surface area contributed by atoms with Crippen LogP contribution >= 0.6 is 0 Å². The molecule has 0 amide bonds. The Bertz CT molecular complexity index is 1920. The van der Waals surface area contributed by atoms with E-state index in [4.69, 9.17) is 4.42 Å². The zero-order chi connectivity index (χ0) is 27.2. The number of benzene rings is 4. The molecule has 40 heavy (non-hydrogen) atoms. The van der Waals surface area contributed by atoms with Gasteiger partial charge in [-0.1, -0.05) is 79.6 Å². The van der Waals surface area contributed by atoms with Gasteiger partial charge in [0.15, 0.2) is 6.20 Å². The SMILES string of the molecule is Cc1ccc2c(oc3c(-c4ccc(C5CCCC5)cc4)c(C#N)ccc32)c1-c1cc(-c2ccccc2)cc[n+]1C. The Morgan fingerprint density at radius 1 is 0.750 bits per heavy atom. The molecular formula is C37H31N2O+. The van der Waals surface area contributed by atoms with Crippen LogP contribution in [0.25, 0.3) is 55.4 Å². The third kappa shape index (κ3) is 4.00. The van der Waals surface area contributed by atoms with Crippen LogP contribution in [0, 0.1) is 18.3 Å². The molecule has 7 rings (SSSR count). The first-order valence-corrected chi connectivity index (χ1v) is 14.2. The lowest BCUT2D eigenvalue weighted by Gasteiger charge is -2.11. The summed E-state index contributed by atoms with van der Waals surface area (Å²) >= 11 is 0. The standard InChI is InChI=1S/C37H31N2O/c1-24-12-18-31-32-19-17-30(23-38)35(28-15-13-27(14-16-28)25-10-6-7-11-25)37(32)40-36(31)34(24)33-22-29(20-21-39(33)2)26-8-4-3-5-9-26/h3-5,8-9,12-22,25H,6-7,10-11H2,1-2H3/q+1. The van der Waals surface area contributed by atoms with Crippen LogP contribution in [0.4, 0.5) is 0 Å². The molecule has 2 aromatic heterocycles. The summed E-state index contributed by atoms with van der Waals surface area (Å²) in [6.45, 7) is 2.14. The van der Waals surface area contributed by atoms with Gasteiger partial charge in [-0.25, -0.2) is 4.57 Å². The van der Waals surface area contributed by atoms with Gasteiger partial charge >= 0.3 is 0 Å². The smallest absolute Gasteiger partial charge is 0.216 e. The molecule has 0 unspecified atom stereocenters. The number of nitriles is 1. The molecule has 194 valence electrons. The van der Waals surface area contributed by atoms with Crippen LogP contribution in [0.15, 0.2) is 102 Å². The second-order valence-electron chi connectivity index (χ2n) is 11.1. The molecule has 1 fully saturated rings. The molecular weight excluding hydrogens is 488 g/mol. The number of hydrogen-bond acceptors (Lipinski definition) is 2. The van der Waals surface area contributed by atoms with E-state index in [0.29, 0.717) is 11.5 Å². The van der Waals surface area contributed by atoms with Crippen LogP contribution < -0.4 is 4.57 Å². The maximum absolute atomic E-state index is 10.1. The molecule has 1 saturated carbocycles. The predicted octanol–water partition coefficient (Wildman–Crippen LogP) is 9.25. The predicted molar refractivity (Wildman–Crippen MR) is 162 cm³/mol. The van der Waals surface area contributed by atoms with Gasteiger partial charge in [-0.15, -0.1) is 0 Å². The largest absolute Gasteiger partial charge is 0.454 e. The van der Waals surface area contributed by atoms with Crippen LogP contribution in [0.5, 0.6) is 0 Å². The van der Waals surface area contributed by atoms with Crippen LogP contribution in [-0.4, -0.2) is 0 Å². The van der Waals surface area contributed by atoms with Crippen molar-refractivity contribution in [2.75, 3.05) is 0 Å². The molecule has 4 aromatic carbocycles. The Balaban J connectivity index is 1.44. The zero-order valence-electron chi connectivity index (χ0n) is 22.9. The molecule has 0 saturated heterocycles. The van der Waals surface area contributed by atoms with Crippen LogP contribution in [0.1, 0.15) is 48.3 Å². The minimum absolute atomic E-state index is 0.634. The average molecular weight is 520 g/mol. The van der Waals surface area contributed by atoms with Crippen molar-refractivity contribution in [1.29, 1.82) is 5.26 Å². The van der Waals surface area contributed by atoms with Crippen molar-refractivity contribution < 1.29 is 8.98 Å². The Kier molecular flexibility index (Phi) is 5.98. The highest BCUT2D eigenvalue weighted by Crippen LogP contribution is 2.43. The molecule has 1 aliphatic rings. The lowest BCUT2D eigenvalue weighted by atomic mass is 9.92. The second-order valence-corrected chi connectivity index (χ2v) is 11.1. The molecule has 1 aliphatic carbocycles. The lowest BCUT2D eigenvalue weighted by molar-refractivity contribution is -0.660. The summed E-state index contributed by atoms with van der Waals surface area (Å²) in [6.07, 6.45) is 7.29. The molecule has 2 heterocycles. The summed E-state index contributed by atoms with van der Waals surface area (Å²) in [5, 5.41) is 12.2. The average Bonchev–Trinajstić information content (AvgIpc) is 3.66. The van der Waals surface area contributed by atoms with Crippen molar-refractivity contribution in [2.24, 2.45) is 7.05 Å². The van der Waals surface area contributed by atoms with Crippen molar-refractivity contribution in [1.82, 2.24) is 0 Å².